The average Bonchev–Trinajstić information content (AvgIpc) is 2.39. The lowest BCUT2D eigenvalue weighted by atomic mass is 10.3. The number of morpholine rings is 1. The van der Waals surface area contributed by atoms with Gasteiger partial charge >= 0.3 is 5.37 Å². The highest BCUT2D eigenvalue weighted by molar-refractivity contribution is 6.65. The maximum Gasteiger partial charge on any atom is 0.318 e. The molecule has 0 aromatic carbocycles. The third kappa shape index (κ3) is 2.85. The van der Waals surface area contributed by atoms with Crippen LogP contribution in [-0.4, -0.2) is 41.9 Å². The van der Waals surface area contributed by atoms with E-state index in [0.29, 0.717) is 32.1 Å². The molecule has 0 unspecified atom stereocenters. The molecule has 2 heterocycles. The van der Waals surface area contributed by atoms with Crippen LogP contribution in [0.15, 0.2) is 6.07 Å². The molecule has 1 aliphatic heterocycles. The number of aromatic nitrogens is 2. The molecule has 0 spiro atoms. The van der Waals surface area contributed by atoms with Crippen molar-refractivity contribution in [3.63, 3.8) is 0 Å². The third-order valence-electron chi connectivity index (χ3n) is 2.45. The van der Waals surface area contributed by atoms with Gasteiger partial charge in [-0.25, -0.2) is 0 Å². The number of hydrogen-bond donors (Lipinski definition) is 1. The van der Waals surface area contributed by atoms with E-state index in [1.165, 1.54) is 0 Å². The number of carbonyl (C=O) groups is 1. The number of ether oxygens (including phenoxy) is 1. The molecule has 1 N–H and O–H groups in total. The summed E-state index contributed by atoms with van der Waals surface area (Å²) in [5.74, 6) is 0.581. The maximum absolute atomic E-state index is 10.8. The number of anilines is 2. The van der Waals surface area contributed by atoms with E-state index in [1.807, 2.05) is 11.0 Å². The van der Waals surface area contributed by atoms with Gasteiger partial charge in [0.2, 0.25) is 0 Å². The lowest BCUT2D eigenvalue weighted by Gasteiger charge is -2.27. The van der Waals surface area contributed by atoms with Crippen molar-refractivity contribution in [2.45, 2.75) is 0 Å². The van der Waals surface area contributed by atoms with E-state index in [0.717, 1.165) is 0 Å². The van der Waals surface area contributed by atoms with Crippen LogP contribution < -0.4 is 10.2 Å². The first-order valence-corrected chi connectivity index (χ1v) is 5.65. The summed E-state index contributed by atoms with van der Waals surface area (Å²) in [5, 5.41) is 18.1. The van der Waals surface area contributed by atoms with E-state index in [4.69, 9.17) is 21.6 Å². The summed E-state index contributed by atoms with van der Waals surface area (Å²) in [6.45, 7) is 2.60. The third-order valence-corrected chi connectivity index (χ3v) is 2.55. The largest absolute Gasteiger partial charge is 0.378 e. The van der Waals surface area contributed by atoms with Gasteiger partial charge in [-0.15, -0.1) is 10.2 Å². The number of rotatable bonds is 2. The molecule has 1 fully saturated rings. The Morgan fingerprint density at radius 3 is 2.83 bits per heavy atom. The molecule has 0 radical (unpaired) electrons. The summed E-state index contributed by atoms with van der Waals surface area (Å²) in [5.41, 5.74) is 0.287. The Hall–Kier alpha value is -1.91. The van der Waals surface area contributed by atoms with Crippen molar-refractivity contribution in [2.24, 2.45) is 0 Å². The van der Waals surface area contributed by atoms with Crippen LogP contribution in [0.5, 0.6) is 0 Å². The van der Waals surface area contributed by atoms with Gasteiger partial charge in [-0.1, -0.05) is 0 Å². The molecule has 0 saturated carbocycles. The molecule has 18 heavy (non-hydrogen) atoms. The van der Waals surface area contributed by atoms with E-state index >= 15 is 0 Å². The van der Waals surface area contributed by atoms with Gasteiger partial charge in [-0.2, -0.15) is 5.26 Å². The molecule has 2 rings (SSSR count). The van der Waals surface area contributed by atoms with Gasteiger partial charge in [0.1, 0.15) is 6.07 Å². The molecular weight excluding hydrogens is 258 g/mol. The predicted molar refractivity (Wildman–Crippen MR) is 64.7 cm³/mol. The van der Waals surface area contributed by atoms with Crippen LogP contribution in [0.1, 0.15) is 5.69 Å². The van der Waals surface area contributed by atoms with Crippen molar-refractivity contribution in [1.29, 1.82) is 5.26 Å². The SMILES string of the molecule is N#Cc1nnc(N2CCOCC2)cc1NC(=O)Cl. The fraction of sp³-hybridized carbons (Fsp3) is 0.400. The zero-order chi connectivity index (χ0) is 13.0. The van der Waals surface area contributed by atoms with Crippen molar-refractivity contribution < 1.29 is 9.53 Å². The molecule has 0 bridgehead atoms. The van der Waals surface area contributed by atoms with Gasteiger partial charge < -0.3 is 15.0 Å². The zero-order valence-corrected chi connectivity index (χ0v) is 10.1. The molecule has 1 aliphatic rings. The van der Waals surface area contributed by atoms with Gasteiger partial charge in [-0.3, -0.25) is 4.79 Å². The van der Waals surface area contributed by atoms with Crippen LogP contribution in [-0.2, 0) is 4.74 Å². The first-order valence-electron chi connectivity index (χ1n) is 5.27. The van der Waals surface area contributed by atoms with Crippen LogP contribution in [0.4, 0.5) is 16.3 Å². The van der Waals surface area contributed by atoms with E-state index in [-0.39, 0.29) is 11.4 Å². The molecule has 1 aromatic rings. The maximum atomic E-state index is 10.8. The van der Waals surface area contributed by atoms with E-state index in [1.54, 1.807) is 6.07 Å². The Kier molecular flexibility index (Phi) is 3.92. The minimum absolute atomic E-state index is 0.0287. The molecule has 1 aromatic heterocycles. The Labute approximate surface area is 108 Å². The van der Waals surface area contributed by atoms with Gasteiger partial charge in [-0.05, 0) is 11.6 Å². The quantitative estimate of drug-likeness (QED) is 0.634. The Balaban J connectivity index is 2.27. The number of halogens is 1. The summed E-state index contributed by atoms with van der Waals surface area (Å²) >= 11 is 5.24. The lowest BCUT2D eigenvalue weighted by Crippen LogP contribution is -2.37. The van der Waals surface area contributed by atoms with E-state index in [9.17, 15) is 4.79 Å². The van der Waals surface area contributed by atoms with Gasteiger partial charge in [0.25, 0.3) is 0 Å². The standard InChI is InChI=1S/C10H10ClN5O2/c11-10(17)13-7-5-9(15-14-8(7)6-12)16-1-3-18-4-2-16/h5H,1-4H2,(H,13,15,17). The Bertz CT molecular complexity index is 496. The topological polar surface area (TPSA) is 91.1 Å². The summed E-state index contributed by atoms with van der Waals surface area (Å²) in [6.07, 6.45) is 0. The molecule has 0 atom stereocenters. The minimum Gasteiger partial charge on any atom is -0.378 e. The lowest BCUT2D eigenvalue weighted by molar-refractivity contribution is 0.122. The number of nitrogens with one attached hydrogen (secondary N) is 1. The van der Waals surface area contributed by atoms with Crippen molar-refractivity contribution in [3.05, 3.63) is 11.8 Å². The number of amides is 1. The highest BCUT2D eigenvalue weighted by Gasteiger charge is 2.16. The van der Waals surface area contributed by atoms with Crippen molar-refractivity contribution in [2.75, 3.05) is 36.5 Å². The Morgan fingerprint density at radius 1 is 1.50 bits per heavy atom. The molecule has 94 valence electrons. The fourth-order valence-electron chi connectivity index (χ4n) is 1.61. The van der Waals surface area contributed by atoms with E-state index < -0.39 is 5.37 Å². The number of nitriles is 1. The van der Waals surface area contributed by atoms with Crippen LogP contribution in [0.2, 0.25) is 0 Å². The summed E-state index contributed by atoms with van der Waals surface area (Å²) in [7, 11) is 0. The van der Waals surface area contributed by atoms with E-state index in [2.05, 4.69) is 15.5 Å². The highest BCUT2D eigenvalue weighted by atomic mass is 35.5. The molecular formula is C10H10ClN5O2. The average molecular weight is 268 g/mol. The minimum atomic E-state index is -0.771. The molecule has 0 aliphatic carbocycles. The highest BCUT2D eigenvalue weighted by Crippen LogP contribution is 2.20. The molecule has 7 nitrogen and oxygen atoms in total. The van der Waals surface area contributed by atoms with Crippen molar-refractivity contribution in [1.82, 2.24) is 10.2 Å². The second kappa shape index (κ2) is 5.62. The normalized spacial score (nSPS) is 15.0. The fourth-order valence-corrected chi connectivity index (χ4v) is 1.71. The second-order valence-corrected chi connectivity index (χ2v) is 3.92. The summed E-state index contributed by atoms with van der Waals surface area (Å²) in [6, 6.07) is 3.42. The van der Waals surface area contributed by atoms with Crippen LogP contribution in [0.25, 0.3) is 0 Å². The van der Waals surface area contributed by atoms with Crippen LogP contribution in [0, 0.1) is 11.3 Å². The molecule has 8 heteroatoms. The van der Waals surface area contributed by atoms with Gasteiger partial charge in [0.05, 0.1) is 18.9 Å². The zero-order valence-electron chi connectivity index (χ0n) is 9.39. The van der Waals surface area contributed by atoms with Gasteiger partial charge in [0, 0.05) is 19.2 Å². The first-order chi connectivity index (χ1) is 8.70. The van der Waals surface area contributed by atoms with Crippen molar-refractivity contribution >= 4 is 28.5 Å². The monoisotopic (exact) mass is 267 g/mol. The number of hydrogen-bond acceptors (Lipinski definition) is 6. The second-order valence-electron chi connectivity index (χ2n) is 3.57. The first kappa shape index (κ1) is 12.5. The number of carbonyl (C=O) groups excluding carboxylic acids is 1. The summed E-state index contributed by atoms with van der Waals surface area (Å²) < 4.78 is 5.23. The number of nitrogens with zero attached hydrogens (tertiary/aromatic N) is 4. The smallest absolute Gasteiger partial charge is 0.318 e. The molecule has 1 saturated heterocycles. The van der Waals surface area contributed by atoms with Crippen molar-refractivity contribution in [3.8, 4) is 6.07 Å². The molecule has 1 amide bonds. The van der Waals surface area contributed by atoms with Gasteiger partial charge in [0.15, 0.2) is 11.5 Å². The summed E-state index contributed by atoms with van der Waals surface area (Å²) in [4.78, 5) is 12.8. The van der Waals surface area contributed by atoms with Crippen LogP contribution in [0.3, 0.4) is 0 Å². The Morgan fingerprint density at radius 2 is 2.22 bits per heavy atom. The van der Waals surface area contributed by atoms with Crippen LogP contribution >= 0.6 is 11.6 Å². The predicted octanol–water partition coefficient (Wildman–Crippen LogP) is 0.956.